The molecule has 0 fully saturated rings. The van der Waals surface area contributed by atoms with Crippen LogP contribution in [0.1, 0.15) is 37.7 Å². The van der Waals surface area contributed by atoms with E-state index >= 15 is 0 Å². The van der Waals surface area contributed by atoms with Gasteiger partial charge in [0.2, 0.25) is 0 Å². The lowest BCUT2D eigenvalue weighted by molar-refractivity contribution is 0.539. The van der Waals surface area contributed by atoms with Gasteiger partial charge in [0.25, 0.3) is 0 Å². The monoisotopic (exact) mass is 216 g/mol. The number of nitrogens with zero attached hydrogens (tertiary/aromatic N) is 1. The third kappa shape index (κ3) is 1.48. The fraction of sp³-hybridized carbons (Fsp3) is 0.571. The van der Waals surface area contributed by atoms with Crippen molar-refractivity contribution >= 4 is 11.4 Å². The molecule has 1 aromatic carbocycles. The maximum atomic E-state index is 3.54. The summed E-state index contributed by atoms with van der Waals surface area (Å²) in [7, 11) is 0. The minimum Gasteiger partial charge on any atom is -0.385 e. The molecular weight excluding hydrogens is 196 g/mol. The van der Waals surface area contributed by atoms with Crippen LogP contribution in [0.3, 0.4) is 0 Å². The first-order chi connectivity index (χ1) is 7.90. The van der Waals surface area contributed by atoms with Crippen LogP contribution in [0.5, 0.6) is 0 Å². The second-order valence-corrected chi connectivity index (χ2v) is 4.93. The molecule has 0 saturated heterocycles. The van der Waals surface area contributed by atoms with Crippen molar-refractivity contribution in [3.63, 3.8) is 0 Å². The Balaban J connectivity index is 2.04. The normalized spacial score (nSPS) is 22.6. The van der Waals surface area contributed by atoms with Crippen LogP contribution in [0.15, 0.2) is 18.2 Å². The van der Waals surface area contributed by atoms with E-state index in [0.29, 0.717) is 0 Å². The van der Waals surface area contributed by atoms with E-state index in [4.69, 9.17) is 0 Å². The third-order valence-electron chi connectivity index (χ3n) is 3.88. The van der Waals surface area contributed by atoms with Crippen LogP contribution in [0, 0.1) is 0 Å². The summed E-state index contributed by atoms with van der Waals surface area (Å²) in [5, 5.41) is 3.54. The molecule has 2 heteroatoms. The Morgan fingerprint density at radius 2 is 2.31 bits per heavy atom. The van der Waals surface area contributed by atoms with E-state index in [2.05, 4.69) is 35.3 Å². The number of anilines is 2. The highest BCUT2D eigenvalue weighted by Gasteiger charge is 2.29. The first kappa shape index (κ1) is 10.0. The molecule has 16 heavy (non-hydrogen) atoms. The molecule has 0 spiro atoms. The van der Waals surface area contributed by atoms with Gasteiger partial charge in [-0.2, -0.15) is 0 Å². The van der Waals surface area contributed by atoms with Crippen molar-refractivity contribution in [1.29, 1.82) is 0 Å². The standard InChI is InChI=1S/C14H20N2/c1-2-9-16-10-7-11-6-8-15-12-4-3-5-13(16)14(11)12/h3-5,11,15H,2,6-10H2,1H3. The molecule has 0 bridgehead atoms. The molecule has 2 heterocycles. The van der Waals surface area contributed by atoms with Crippen LogP contribution in [0.25, 0.3) is 0 Å². The SMILES string of the molecule is CCCN1CCC2CCNc3cccc1c32. The molecule has 86 valence electrons. The largest absolute Gasteiger partial charge is 0.385 e. The van der Waals surface area contributed by atoms with Crippen molar-refractivity contribution in [2.75, 3.05) is 29.9 Å². The molecular formula is C14H20N2. The van der Waals surface area contributed by atoms with Crippen LogP contribution in [-0.4, -0.2) is 19.6 Å². The van der Waals surface area contributed by atoms with Gasteiger partial charge in [0, 0.05) is 36.6 Å². The van der Waals surface area contributed by atoms with Gasteiger partial charge in [-0.15, -0.1) is 0 Å². The number of benzene rings is 1. The van der Waals surface area contributed by atoms with E-state index in [9.17, 15) is 0 Å². The summed E-state index contributed by atoms with van der Waals surface area (Å²) < 4.78 is 0. The van der Waals surface area contributed by atoms with Gasteiger partial charge in [0.15, 0.2) is 0 Å². The first-order valence-electron chi connectivity index (χ1n) is 6.52. The molecule has 3 rings (SSSR count). The molecule has 1 unspecified atom stereocenters. The highest BCUT2D eigenvalue weighted by molar-refractivity contribution is 5.70. The first-order valence-corrected chi connectivity index (χ1v) is 6.52. The average molecular weight is 216 g/mol. The summed E-state index contributed by atoms with van der Waals surface area (Å²) in [6, 6.07) is 6.73. The van der Waals surface area contributed by atoms with Gasteiger partial charge in [-0.3, -0.25) is 0 Å². The van der Waals surface area contributed by atoms with Crippen molar-refractivity contribution in [1.82, 2.24) is 0 Å². The molecule has 0 aliphatic carbocycles. The fourth-order valence-electron chi connectivity index (χ4n) is 3.16. The second-order valence-electron chi connectivity index (χ2n) is 4.93. The molecule has 1 aromatic rings. The van der Waals surface area contributed by atoms with E-state index in [1.165, 1.54) is 43.7 Å². The van der Waals surface area contributed by atoms with Gasteiger partial charge < -0.3 is 10.2 Å². The molecule has 0 amide bonds. The zero-order valence-corrected chi connectivity index (χ0v) is 10.00. The van der Waals surface area contributed by atoms with Gasteiger partial charge in [-0.1, -0.05) is 13.0 Å². The minimum absolute atomic E-state index is 0.806. The second kappa shape index (κ2) is 4.00. The Bertz CT molecular complexity index is 386. The summed E-state index contributed by atoms with van der Waals surface area (Å²) in [4.78, 5) is 2.56. The molecule has 2 aliphatic rings. The summed E-state index contributed by atoms with van der Waals surface area (Å²) in [6.07, 6.45) is 3.89. The lowest BCUT2D eigenvalue weighted by atomic mass is 9.84. The summed E-state index contributed by atoms with van der Waals surface area (Å²) in [6.45, 7) is 5.85. The van der Waals surface area contributed by atoms with Gasteiger partial charge in [-0.05, 0) is 37.3 Å². The zero-order valence-electron chi connectivity index (χ0n) is 10.00. The van der Waals surface area contributed by atoms with E-state index in [1.807, 2.05) is 0 Å². The predicted octanol–water partition coefficient (Wildman–Crippen LogP) is 3.21. The number of hydrogen-bond acceptors (Lipinski definition) is 2. The van der Waals surface area contributed by atoms with Gasteiger partial charge in [0.1, 0.15) is 0 Å². The molecule has 0 aromatic heterocycles. The Morgan fingerprint density at radius 1 is 1.38 bits per heavy atom. The predicted molar refractivity (Wildman–Crippen MR) is 69.4 cm³/mol. The van der Waals surface area contributed by atoms with Crippen LogP contribution >= 0.6 is 0 Å². The Hall–Kier alpha value is -1.18. The zero-order chi connectivity index (χ0) is 11.0. The van der Waals surface area contributed by atoms with Crippen LogP contribution in [0.2, 0.25) is 0 Å². The van der Waals surface area contributed by atoms with E-state index in [1.54, 1.807) is 5.56 Å². The van der Waals surface area contributed by atoms with Crippen molar-refractivity contribution < 1.29 is 0 Å². The lowest BCUT2D eigenvalue weighted by Gasteiger charge is -2.39. The van der Waals surface area contributed by atoms with Gasteiger partial charge >= 0.3 is 0 Å². The van der Waals surface area contributed by atoms with Crippen LogP contribution in [0.4, 0.5) is 11.4 Å². The fourth-order valence-corrected chi connectivity index (χ4v) is 3.16. The summed E-state index contributed by atoms with van der Waals surface area (Å²) in [5.74, 6) is 0.806. The molecule has 1 N–H and O–H groups in total. The third-order valence-corrected chi connectivity index (χ3v) is 3.88. The highest BCUT2D eigenvalue weighted by atomic mass is 15.1. The maximum Gasteiger partial charge on any atom is 0.0422 e. The van der Waals surface area contributed by atoms with Gasteiger partial charge in [0.05, 0.1) is 0 Å². The summed E-state index contributed by atoms with van der Waals surface area (Å²) >= 11 is 0. The Kier molecular flexibility index (Phi) is 2.50. The van der Waals surface area contributed by atoms with E-state index < -0.39 is 0 Å². The molecule has 2 nitrogen and oxygen atoms in total. The molecule has 1 atom stereocenters. The Labute approximate surface area is 97.6 Å². The highest BCUT2D eigenvalue weighted by Crippen LogP contribution is 2.43. The summed E-state index contributed by atoms with van der Waals surface area (Å²) in [5.41, 5.74) is 4.46. The van der Waals surface area contributed by atoms with Crippen molar-refractivity contribution in [3.8, 4) is 0 Å². The maximum absolute atomic E-state index is 3.54. The quantitative estimate of drug-likeness (QED) is 0.816. The molecule has 2 aliphatic heterocycles. The Morgan fingerprint density at radius 3 is 3.19 bits per heavy atom. The van der Waals surface area contributed by atoms with Crippen LogP contribution < -0.4 is 10.2 Å². The van der Waals surface area contributed by atoms with Gasteiger partial charge in [-0.25, -0.2) is 0 Å². The topological polar surface area (TPSA) is 15.3 Å². The number of rotatable bonds is 2. The smallest absolute Gasteiger partial charge is 0.0422 e. The van der Waals surface area contributed by atoms with Crippen molar-refractivity contribution in [2.45, 2.75) is 32.1 Å². The van der Waals surface area contributed by atoms with E-state index in [0.717, 1.165) is 12.5 Å². The number of nitrogens with one attached hydrogen (secondary N) is 1. The van der Waals surface area contributed by atoms with Crippen molar-refractivity contribution in [2.24, 2.45) is 0 Å². The molecule has 0 radical (unpaired) electrons. The lowest BCUT2D eigenvalue weighted by Crippen LogP contribution is -2.34. The number of hydrogen-bond donors (Lipinski definition) is 1. The average Bonchev–Trinajstić information content (AvgIpc) is 2.33. The minimum atomic E-state index is 0.806. The van der Waals surface area contributed by atoms with Crippen molar-refractivity contribution in [3.05, 3.63) is 23.8 Å². The molecule has 0 saturated carbocycles. The van der Waals surface area contributed by atoms with Crippen LogP contribution in [-0.2, 0) is 0 Å². The van der Waals surface area contributed by atoms with E-state index in [-0.39, 0.29) is 0 Å².